The summed E-state index contributed by atoms with van der Waals surface area (Å²) in [5.74, 6) is -0.0617. The summed E-state index contributed by atoms with van der Waals surface area (Å²) in [6.07, 6.45) is 0. The van der Waals surface area contributed by atoms with E-state index < -0.39 is 0 Å². The number of aromatic nitrogens is 1. The van der Waals surface area contributed by atoms with Crippen LogP contribution in [0, 0.1) is 0 Å². The van der Waals surface area contributed by atoms with Gasteiger partial charge in [-0.25, -0.2) is 4.98 Å². The monoisotopic (exact) mass is 290 g/mol. The van der Waals surface area contributed by atoms with Gasteiger partial charge in [0.2, 0.25) is 5.91 Å². The van der Waals surface area contributed by atoms with Crippen LogP contribution in [0.1, 0.15) is 12.6 Å². The third-order valence-electron chi connectivity index (χ3n) is 3.09. The molecule has 1 aromatic carbocycles. The third-order valence-corrected chi connectivity index (χ3v) is 3.72. The van der Waals surface area contributed by atoms with Crippen molar-refractivity contribution in [2.45, 2.75) is 19.5 Å². The summed E-state index contributed by atoms with van der Waals surface area (Å²) < 4.78 is 0. The van der Waals surface area contributed by atoms with Crippen molar-refractivity contribution >= 4 is 28.6 Å². The van der Waals surface area contributed by atoms with E-state index >= 15 is 0 Å². The van der Waals surface area contributed by atoms with E-state index in [0.717, 1.165) is 5.69 Å². The van der Waals surface area contributed by atoms with Gasteiger partial charge >= 0.3 is 0 Å². The zero-order valence-electron chi connectivity index (χ0n) is 11.5. The molecule has 0 bridgehead atoms. The molecule has 3 N–H and O–H groups in total. The van der Waals surface area contributed by atoms with Crippen LogP contribution >= 0.6 is 11.3 Å². The molecular formula is C14H18N4OS. The van der Waals surface area contributed by atoms with Crippen molar-refractivity contribution in [2.75, 3.05) is 18.1 Å². The topological polar surface area (TPSA) is 71.2 Å². The van der Waals surface area contributed by atoms with Gasteiger partial charge in [0.05, 0.1) is 17.2 Å². The van der Waals surface area contributed by atoms with E-state index in [4.69, 9.17) is 5.73 Å². The van der Waals surface area contributed by atoms with Crippen LogP contribution < -0.4 is 11.1 Å². The molecule has 0 spiro atoms. The quantitative estimate of drug-likeness (QED) is 0.828. The van der Waals surface area contributed by atoms with Crippen molar-refractivity contribution in [3.63, 3.8) is 0 Å². The molecule has 5 nitrogen and oxygen atoms in total. The highest BCUT2D eigenvalue weighted by Crippen LogP contribution is 2.13. The van der Waals surface area contributed by atoms with Gasteiger partial charge in [0.15, 0.2) is 0 Å². The summed E-state index contributed by atoms with van der Waals surface area (Å²) >= 11 is 1.55. The predicted octanol–water partition coefficient (Wildman–Crippen LogP) is 2.18. The first-order chi connectivity index (χ1) is 9.56. The number of hydrogen-bond donors (Lipinski definition) is 2. The SMILES string of the molecule is CC(C(=O)Nc1cccc(N)c1)N(C)Cc1cscn1. The van der Waals surface area contributed by atoms with Crippen molar-refractivity contribution < 1.29 is 4.79 Å². The molecule has 1 heterocycles. The number of nitrogens with one attached hydrogen (secondary N) is 1. The minimum absolute atomic E-state index is 0.0617. The number of nitrogens with two attached hydrogens (primary N) is 1. The Morgan fingerprint density at radius 3 is 3.00 bits per heavy atom. The minimum atomic E-state index is -0.252. The van der Waals surface area contributed by atoms with Crippen LogP contribution in [-0.4, -0.2) is 28.9 Å². The van der Waals surface area contributed by atoms with Gasteiger partial charge in [0, 0.05) is 23.3 Å². The number of benzene rings is 1. The molecule has 0 radical (unpaired) electrons. The summed E-state index contributed by atoms with van der Waals surface area (Å²) in [5, 5.41) is 4.85. The van der Waals surface area contributed by atoms with Gasteiger partial charge in [-0.2, -0.15) is 0 Å². The summed E-state index contributed by atoms with van der Waals surface area (Å²) in [4.78, 5) is 18.4. The number of amides is 1. The second-order valence-electron chi connectivity index (χ2n) is 4.69. The molecule has 106 valence electrons. The summed E-state index contributed by atoms with van der Waals surface area (Å²) in [6.45, 7) is 2.52. The van der Waals surface area contributed by atoms with E-state index in [2.05, 4.69) is 10.3 Å². The summed E-state index contributed by atoms with van der Waals surface area (Å²) in [7, 11) is 1.91. The number of hydrogen-bond acceptors (Lipinski definition) is 5. The average Bonchev–Trinajstić information content (AvgIpc) is 2.90. The minimum Gasteiger partial charge on any atom is -0.399 e. The lowest BCUT2D eigenvalue weighted by molar-refractivity contribution is -0.120. The molecule has 0 fully saturated rings. The molecule has 1 unspecified atom stereocenters. The molecule has 0 saturated carbocycles. The molecule has 0 aliphatic rings. The highest BCUT2D eigenvalue weighted by Gasteiger charge is 2.18. The van der Waals surface area contributed by atoms with Gasteiger partial charge in [-0.15, -0.1) is 11.3 Å². The van der Waals surface area contributed by atoms with Crippen LogP contribution in [0.25, 0.3) is 0 Å². The number of carbonyl (C=O) groups excluding carboxylic acids is 1. The number of nitrogens with zero attached hydrogens (tertiary/aromatic N) is 2. The Hall–Kier alpha value is -1.92. The second-order valence-corrected chi connectivity index (χ2v) is 5.40. The average molecular weight is 290 g/mol. The van der Waals surface area contributed by atoms with E-state index in [1.807, 2.05) is 36.4 Å². The Kier molecular flexibility index (Phi) is 4.70. The fraction of sp³-hybridized carbons (Fsp3) is 0.286. The molecule has 1 amide bonds. The molecule has 1 atom stereocenters. The van der Waals surface area contributed by atoms with E-state index in [0.29, 0.717) is 17.9 Å². The first-order valence-corrected chi connectivity index (χ1v) is 7.24. The maximum atomic E-state index is 12.2. The summed E-state index contributed by atoms with van der Waals surface area (Å²) in [6, 6.07) is 6.91. The maximum absolute atomic E-state index is 12.2. The number of rotatable bonds is 5. The molecule has 0 aliphatic carbocycles. The molecule has 6 heteroatoms. The zero-order valence-corrected chi connectivity index (χ0v) is 12.4. The van der Waals surface area contributed by atoms with Gasteiger partial charge in [-0.3, -0.25) is 9.69 Å². The van der Waals surface area contributed by atoms with Crippen LogP contribution in [0.2, 0.25) is 0 Å². The van der Waals surface area contributed by atoms with Gasteiger partial charge in [-0.05, 0) is 32.2 Å². The molecule has 2 aromatic rings. The van der Waals surface area contributed by atoms with E-state index in [-0.39, 0.29) is 11.9 Å². The summed E-state index contributed by atoms with van der Waals surface area (Å²) in [5.41, 5.74) is 9.80. The molecule has 2 rings (SSSR count). The lowest BCUT2D eigenvalue weighted by atomic mass is 10.2. The second kappa shape index (κ2) is 6.49. The Morgan fingerprint density at radius 1 is 1.55 bits per heavy atom. The number of likely N-dealkylation sites (N-methyl/N-ethyl adjacent to an activating group) is 1. The van der Waals surface area contributed by atoms with Gasteiger partial charge in [0.1, 0.15) is 0 Å². The maximum Gasteiger partial charge on any atom is 0.241 e. The Morgan fingerprint density at radius 2 is 2.35 bits per heavy atom. The molecule has 20 heavy (non-hydrogen) atoms. The smallest absolute Gasteiger partial charge is 0.241 e. The molecular weight excluding hydrogens is 272 g/mol. The molecule has 0 aliphatic heterocycles. The van der Waals surface area contributed by atoms with Crippen molar-refractivity contribution in [3.05, 3.63) is 40.8 Å². The van der Waals surface area contributed by atoms with E-state index in [1.54, 1.807) is 29.0 Å². The lowest BCUT2D eigenvalue weighted by Gasteiger charge is -2.23. The normalized spacial score (nSPS) is 12.3. The molecule has 0 saturated heterocycles. The van der Waals surface area contributed by atoms with Gasteiger partial charge in [0.25, 0.3) is 0 Å². The van der Waals surface area contributed by atoms with Crippen LogP contribution in [0.15, 0.2) is 35.2 Å². The van der Waals surface area contributed by atoms with Crippen LogP contribution in [0.4, 0.5) is 11.4 Å². The predicted molar refractivity (Wildman–Crippen MR) is 82.5 cm³/mol. The van der Waals surface area contributed by atoms with Gasteiger partial charge in [-0.1, -0.05) is 6.07 Å². The van der Waals surface area contributed by atoms with Crippen molar-refractivity contribution in [3.8, 4) is 0 Å². The largest absolute Gasteiger partial charge is 0.399 e. The Balaban J connectivity index is 1.94. The van der Waals surface area contributed by atoms with Crippen LogP contribution in [0.3, 0.4) is 0 Å². The fourth-order valence-electron chi connectivity index (χ4n) is 1.77. The van der Waals surface area contributed by atoms with E-state index in [9.17, 15) is 4.79 Å². The van der Waals surface area contributed by atoms with Gasteiger partial charge < -0.3 is 11.1 Å². The number of anilines is 2. The van der Waals surface area contributed by atoms with Crippen molar-refractivity contribution in [2.24, 2.45) is 0 Å². The lowest BCUT2D eigenvalue weighted by Crippen LogP contribution is -2.39. The number of nitrogen functional groups attached to an aromatic ring is 1. The van der Waals surface area contributed by atoms with Crippen molar-refractivity contribution in [1.29, 1.82) is 0 Å². The standard InChI is InChI=1S/C14H18N4OS/c1-10(18(2)7-13-8-20-9-16-13)14(19)17-12-5-3-4-11(15)6-12/h3-6,8-10H,7,15H2,1-2H3,(H,17,19). The Bertz CT molecular complexity index is 570. The van der Waals surface area contributed by atoms with Crippen molar-refractivity contribution in [1.82, 2.24) is 9.88 Å². The molecule has 1 aromatic heterocycles. The number of thiazole rings is 1. The number of carbonyl (C=O) groups is 1. The highest BCUT2D eigenvalue weighted by atomic mass is 32.1. The Labute approximate surface area is 122 Å². The first-order valence-electron chi connectivity index (χ1n) is 6.30. The fourth-order valence-corrected chi connectivity index (χ4v) is 2.32. The first kappa shape index (κ1) is 14.5. The van der Waals surface area contributed by atoms with Crippen LogP contribution in [0.5, 0.6) is 0 Å². The van der Waals surface area contributed by atoms with Crippen LogP contribution in [-0.2, 0) is 11.3 Å². The van der Waals surface area contributed by atoms with E-state index in [1.165, 1.54) is 0 Å². The zero-order chi connectivity index (χ0) is 14.5. The third kappa shape index (κ3) is 3.79. The highest BCUT2D eigenvalue weighted by molar-refractivity contribution is 7.07.